The predicted molar refractivity (Wildman–Crippen MR) is 99.4 cm³/mol. The van der Waals surface area contributed by atoms with E-state index < -0.39 is 0 Å². The number of hydrogen-bond acceptors (Lipinski definition) is 3. The third kappa shape index (κ3) is 3.96. The van der Waals surface area contributed by atoms with Gasteiger partial charge >= 0.3 is 0 Å². The quantitative estimate of drug-likeness (QED) is 0.426. The monoisotopic (exact) mass is 325 g/mol. The average Bonchev–Trinajstić information content (AvgIpc) is 2.96. The molecule has 0 unspecified atom stereocenters. The number of benzene rings is 2. The summed E-state index contributed by atoms with van der Waals surface area (Å²) in [6.07, 6.45) is 1.75. The summed E-state index contributed by atoms with van der Waals surface area (Å²) < 4.78 is 0.663. The topological polar surface area (TPSA) is 40.2 Å². The zero-order valence-corrected chi connectivity index (χ0v) is 13.5. The number of thiocarbonyl (C=S) groups is 1. The third-order valence-corrected chi connectivity index (χ3v) is 4.40. The molecule has 0 aliphatic heterocycles. The van der Waals surface area contributed by atoms with Gasteiger partial charge in [0.15, 0.2) is 4.32 Å². The molecule has 0 amide bonds. The Labute approximate surface area is 138 Å². The Kier molecular flexibility index (Phi) is 4.88. The predicted octanol–water partition coefficient (Wildman–Crippen LogP) is 4.31. The van der Waals surface area contributed by atoms with E-state index in [4.69, 9.17) is 12.2 Å². The molecule has 0 aliphatic rings. The minimum atomic E-state index is 0.663. The zero-order chi connectivity index (χ0) is 15.2. The SMILES string of the molecule is S=C(N/N=C/c1cc2ccccc2[nH]1)SCc1ccccc1. The Hall–Kier alpha value is -2.11. The van der Waals surface area contributed by atoms with Crippen LogP contribution >= 0.6 is 24.0 Å². The van der Waals surface area contributed by atoms with Gasteiger partial charge in [-0.15, -0.1) is 0 Å². The van der Waals surface area contributed by atoms with Crippen molar-refractivity contribution >= 4 is 45.4 Å². The number of para-hydroxylation sites is 1. The molecule has 2 N–H and O–H groups in total. The van der Waals surface area contributed by atoms with Crippen LogP contribution in [0.4, 0.5) is 0 Å². The minimum Gasteiger partial charge on any atom is -0.354 e. The molecule has 1 aromatic heterocycles. The molecule has 0 radical (unpaired) electrons. The molecule has 0 atom stereocenters. The van der Waals surface area contributed by atoms with E-state index in [1.165, 1.54) is 10.9 Å². The van der Waals surface area contributed by atoms with Crippen LogP contribution in [0.25, 0.3) is 10.9 Å². The Morgan fingerprint density at radius 2 is 1.91 bits per heavy atom. The van der Waals surface area contributed by atoms with Crippen LogP contribution in [0.15, 0.2) is 65.8 Å². The van der Waals surface area contributed by atoms with Gasteiger partial charge in [-0.25, -0.2) is 0 Å². The number of nitrogens with zero attached hydrogens (tertiary/aromatic N) is 1. The maximum atomic E-state index is 5.26. The van der Waals surface area contributed by atoms with Gasteiger partial charge in [0.2, 0.25) is 0 Å². The van der Waals surface area contributed by atoms with Crippen molar-refractivity contribution in [1.82, 2.24) is 10.4 Å². The van der Waals surface area contributed by atoms with Gasteiger partial charge in [0.05, 0.1) is 11.9 Å². The Morgan fingerprint density at radius 3 is 2.73 bits per heavy atom. The van der Waals surface area contributed by atoms with Crippen molar-refractivity contribution in [3.05, 3.63) is 71.9 Å². The number of fused-ring (bicyclic) bond motifs is 1. The van der Waals surface area contributed by atoms with E-state index >= 15 is 0 Å². The fourth-order valence-electron chi connectivity index (χ4n) is 2.08. The smallest absolute Gasteiger partial charge is 0.154 e. The highest BCUT2D eigenvalue weighted by Crippen LogP contribution is 2.14. The molecular weight excluding hydrogens is 310 g/mol. The number of aromatic amines is 1. The zero-order valence-electron chi connectivity index (χ0n) is 11.8. The van der Waals surface area contributed by atoms with E-state index in [0.29, 0.717) is 4.32 Å². The second-order valence-electron chi connectivity index (χ2n) is 4.74. The molecule has 3 aromatic rings. The summed E-state index contributed by atoms with van der Waals surface area (Å²) in [5.41, 5.74) is 6.19. The molecule has 0 saturated carbocycles. The van der Waals surface area contributed by atoms with Crippen molar-refractivity contribution in [1.29, 1.82) is 0 Å². The molecule has 110 valence electrons. The molecule has 22 heavy (non-hydrogen) atoms. The first-order valence-electron chi connectivity index (χ1n) is 6.89. The molecule has 3 rings (SSSR count). The molecule has 0 bridgehead atoms. The average molecular weight is 325 g/mol. The van der Waals surface area contributed by atoms with Gasteiger partial charge in [-0.05, 0) is 17.7 Å². The molecule has 0 fully saturated rings. The highest BCUT2D eigenvalue weighted by Gasteiger charge is 1.99. The van der Waals surface area contributed by atoms with Crippen molar-refractivity contribution in [2.45, 2.75) is 5.75 Å². The summed E-state index contributed by atoms with van der Waals surface area (Å²) >= 11 is 6.83. The van der Waals surface area contributed by atoms with Crippen molar-refractivity contribution < 1.29 is 0 Å². The van der Waals surface area contributed by atoms with Gasteiger partial charge in [0.1, 0.15) is 0 Å². The molecule has 5 heteroatoms. The van der Waals surface area contributed by atoms with Crippen molar-refractivity contribution in [3.63, 3.8) is 0 Å². The van der Waals surface area contributed by atoms with E-state index in [1.54, 1.807) is 18.0 Å². The molecule has 1 heterocycles. The standard InChI is InChI=1S/C17H15N3S2/c21-17(22-12-13-6-2-1-3-7-13)20-18-11-15-10-14-8-4-5-9-16(14)19-15/h1-11,19H,12H2,(H,20,21)/b18-11+. The summed E-state index contributed by atoms with van der Waals surface area (Å²) in [4.78, 5) is 3.29. The van der Waals surface area contributed by atoms with Gasteiger partial charge in [0.25, 0.3) is 0 Å². The normalized spacial score (nSPS) is 11.1. The summed E-state index contributed by atoms with van der Waals surface area (Å²) in [5.74, 6) is 0.842. The van der Waals surface area contributed by atoms with Gasteiger partial charge in [-0.3, -0.25) is 5.43 Å². The number of thioether (sulfide) groups is 1. The lowest BCUT2D eigenvalue weighted by Gasteiger charge is -2.02. The third-order valence-electron chi connectivity index (χ3n) is 3.12. The fraction of sp³-hybridized carbons (Fsp3) is 0.0588. The van der Waals surface area contributed by atoms with Crippen molar-refractivity contribution in [2.75, 3.05) is 0 Å². The highest BCUT2D eigenvalue weighted by atomic mass is 32.2. The molecule has 0 spiro atoms. The van der Waals surface area contributed by atoms with Crippen LogP contribution in [0.1, 0.15) is 11.3 Å². The lowest BCUT2D eigenvalue weighted by molar-refractivity contribution is 1.07. The highest BCUT2D eigenvalue weighted by molar-refractivity contribution is 8.22. The Morgan fingerprint density at radius 1 is 1.14 bits per heavy atom. The maximum absolute atomic E-state index is 5.26. The van der Waals surface area contributed by atoms with Gasteiger partial charge in [-0.1, -0.05) is 72.5 Å². The van der Waals surface area contributed by atoms with Crippen LogP contribution in [0.3, 0.4) is 0 Å². The van der Waals surface area contributed by atoms with Gasteiger partial charge in [-0.2, -0.15) is 5.10 Å². The second-order valence-corrected chi connectivity index (χ2v) is 6.40. The maximum Gasteiger partial charge on any atom is 0.154 e. The Bertz CT molecular complexity index is 761. The van der Waals surface area contributed by atoms with E-state index in [1.807, 2.05) is 36.4 Å². The summed E-state index contributed by atoms with van der Waals surface area (Å²) in [5, 5.41) is 5.35. The lowest BCUT2D eigenvalue weighted by Crippen LogP contribution is -2.11. The molecule has 0 aliphatic carbocycles. The van der Waals surface area contributed by atoms with E-state index in [-0.39, 0.29) is 0 Å². The molecule has 0 saturated heterocycles. The molecule has 2 aromatic carbocycles. The fourth-order valence-corrected chi connectivity index (χ4v) is 2.91. The number of aromatic nitrogens is 1. The lowest BCUT2D eigenvalue weighted by atomic mass is 10.2. The van der Waals surface area contributed by atoms with Crippen LogP contribution in [0.5, 0.6) is 0 Å². The van der Waals surface area contributed by atoms with Gasteiger partial charge < -0.3 is 4.98 Å². The second kappa shape index (κ2) is 7.24. The molecular formula is C17H15N3S2. The first-order chi connectivity index (χ1) is 10.8. The van der Waals surface area contributed by atoms with Crippen LogP contribution in [0.2, 0.25) is 0 Å². The van der Waals surface area contributed by atoms with Crippen LogP contribution < -0.4 is 5.43 Å². The van der Waals surface area contributed by atoms with E-state index in [0.717, 1.165) is 17.0 Å². The number of hydrazone groups is 1. The largest absolute Gasteiger partial charge is 0.354 e. The summed E-state index contributed by atoms with van der Waals surface area (Å²) in [7, 11) is 0. The number of H-pyrrole nitrogens is 1. The first-order valence-corrected chi connectivity index (χ1v) is 8.28. The minimum absolute atomic E-state index is 0.663. The van der Waals surface area contributed by atoms with Crippen LogP contribution in [-0.2, 0) is 5.75 Å². The van der Waals surface area contributed by atoms with Crippen molar-refractivity contribution in [2.24, 2.45) is 5.10 Å². The van der Waals surface area contributed by atoms with Crippen LogP contribution in [0, 0.1) is 0 Å². The number of nitrogens with one attached hydrogen (secondary N) is 2. The summed E-state index contributed by atoms with van der Waals surface area (Å²) in [6, 6.07) is 20.4. The first kappa shape index (κ1) is 14.8. The van der Waals surface area contributed by atoms with Gasteiger partial charge in [0, 0.05) is 16.7 Å². The molecule has 3 nitrogen and oxygen atoms in total. The van der Waals surface area contributed by atoms with Crippen LogP contribution in [-0.4, -0.2) is 15.5 Å². The summed E-state index contributed by atoms with van der Waals surface area (Å²) in [6.45, 7) is 0. The number of hydrogen-bond donors (Lipinski definition) is 2. The van der Waals surface area contributed by atoms with E-state index in [9.17, 15) is 0 Å². The van der Waals surface area contributed by atoms with Crippen molar-refractivity contribution in [3.8, 4) is 0 Å². The Balaban J connectivity index is 1.52. The number of rotatable bonds is 4. The van der Waals surface area contributed by atoms with E-state index in [2.05, 4.69) is 39.8 Å².